The summed E-state index contributed by atoms with van der Waals surface area (Å²) in [4.78, 5) is 23.1. The summed E-state index contributed by atoms with van der Waals surface area (Å²) in [5.41, 5.74) is 0.406. The highest BCUT2D eigenvalue weighted by atomic mass is 79.9. The molecule has 6 heteroatoms. The molecule has 0 aliphatic carbocycles. The van der Waals surface area contributed by atoms with E-state index in [2.05, 4.69) is 21.2 Å². The van der Waals surface area contributed by atoms with Crippen molar-refractivity contribution in [3.05, 3.63) is 58.1 Å². The Bertz CT molecular complexity index is 685. The second-order valence-electron chi connectivity index (χ2n) is 4.00. The van der Waals surface area contributed by atoms with Gasteiger partial charge >= 0.3 is 5.97 Å². The Balaban J connectivity index is 2.32. The third-order valence-corrected chi connectivity index (χ3v) is 3.06. The van der Waals surface area contributed by atoms with Crippen molar-refractivity contribution in [2.75, 3.05) is 5.32 Å². The topological polar surface area (TPSA) is 86.6 Å². The van der Waals surface area contributed by atoms with Crippen LogP contribution in [-0.4, -0.2) is 22.1 Å². The number of amides is 1. The molecule has 20 heavy (non-hydrogen) atoms. The quantitative estimate of drug-likeness (QED) is 0.804. The van der Waals surface area contributed by atoms with Crippen LogP contribution in [0.4, 0.5) is 5.69 Å². The molecule has 0 aliphatic rings. The Morgan fingerprint density at radius 3 is 2.50 bits per heavy atom. The van der Waals surface area contributed by atoms with Crippen LogP contribution in [0.2, 0.25) is 0 Å². The van der Waals surface area contributed by atoms with Gasteiger partial charge in [-0.3, -0.25) is 4.79 Å². The molecule has 0 aromatic heterocycles. The average Bonchev–Trinajstić information content (AvgIpc) is 2.38. The molecule has 2 rings (SSSR count). The fourth-order valence-electron chi connectivity index (χ4n) is 1.65. The first-order valence-corrected chi connectivity index (χ1v) is 6.40. The summed E-state index contributed by atoms with van der Waals surface area (Å²) in [6.45, 7) is 0. The van der Waals surface area contributed by atoms with Gasteiger partial charge in [-0.1, -0.05) is 22.0 Å². The van der Waals surface area contributed by atoms with E-state index in [0.29, 0.717) is 4.47 Å². The number of carbonyl (C=O) groups is 2. The number of benzene rings is 2. The van der Waals surface area contributed by atoms with Crippen molar-refractivity contribution in [2.24, 2.45) is 0 Å². The molecule has 0 unspecified atom stereocenters. The van der Waals surface area contributed by atoms with Gasteiger partial charge in [0.25, 0.3) is 5.91 Å². The smallest absolute Gasteiger partial charge is 0.337 e. The van der Waals surface area contributed by atoms with Gasteiger partial charge in [-0.25, -0.2) is 4.79 Å². The van der Waals surface area contributed by atoms with Crippen LogP contribution in [0.15, 0.2) is 46.9 Å². The molecule has 0 heterocycles. The number of aromatic carboxylic acids is 1. The molecule has 0 fully saturated rings. The van der Waals surface area contributed by atoms with Crippen molar-refractivity contribution in [3.8, 4) is 5.75 Å². The number of hydrogen-bond acceptors (Lipinski definition) is 3. The van der Waals surface area contributed by atoms with Gasteiger partial charge in [0.2, 0.25) is 0 Å². The number of phenols is 1. The molecule has 0 spiro atoms. The lowest BCUT2D eigenvalue weighted by Crippen LogP contribution is -2.14. The highest BCUT2D eigenvalue weighted by molar-refractivity contribution is 9.10. The Labute approximate surface area is 123 Å². The Morgan fingerprint density at radius 1 is 1.10 bits per heavy atom. The van der Waals surface area contributed by atoms with Crippen molar-refractivity contribution in [1.29, 1.82) is 0 Å². The summed E-state index contributed by atoms with van der Waals surface area (Å²) in [6, 6.07) is 10.3. The van der Waals surface area contributed by atoms with Crippen LogP contribution < -0.4 is 5.32 Å². The zero-order valence-electron chi connectivity index (χ0n) is 10.1. The predicted octanol–water partition coefficient (Wildman–Crippen LogP) is 3.11. The largest absolute Gasteiger partial charge is 0.508 e. The third-order valence-electron chi connectivity index (χ3n) is 2.57. The van der Waals surface area contributed by atoms with E-state index in [9.17, 15) is 14.7 Å². The van der Waals surface area contributed by atoms with Crippen molar-refractivity contribution in [1.82, 2.24) is 0 Å². The maximum Gasteiger partial charge on any atom is 0.337 e. The molecular formula is C14H10BrNO4. The van der Waals surface area contributed by atoms with E-state index in [4.69, 9.17) is 5.11 Å². The van der Waals surface area contributed by atoms with E-state index in [-0.39, 0.29) is 22.6 Å². The molecule has 2 aromatic rings. The van der Waals surface area contributed by atoms with E-state index >= 15 is 0 Å². The average molecular weight is 336 g/mol. The van der Waals surface area contributed by atoms with Gasteiger partial charge in [-0.05, 0) is 36.4 Å². The van der Waals surface area contributed by atoms with Crippen LogP contribution in [-0.2, 0) is 0 Å². The molecule has 0 radical (unpaired) electrons. The fourth-order valence-corrected chi connectivity index (χ4v) is 2.01. The molecule has 102 valence electrons. The molecule has 0 aliphatic heterocycles. The number of carboxylic acids is 1. The summed E-state index contributed by atoms with van der Waals surface area (Å²) in [5, 5.41) is 20.9. The summed E-state index contributed by atoms with van der Waals surface area (Å²) in [7, 11) is 0. The van der Waals surface area contributed by atoms with Gasteiger partial charge in [-0.15, -0.1) is 0 Å². The lowest BCUT2D eigenvalue weighted by Gasteiger charge is -2.09. The maximum absolute atomic E-state index is 12.0. The zero-order chi connectivity index (χ0) is 14.7. The minimum atomic E-state index is -1.14. The lowest BCUT2D eigenvalue weighted by molar-refractivity contribution is 0.0698. The van der Waals surface area contributed by atoms with Crippen molar-refractivity contribution in [2.45, 2.75) is 0 Å². The predicted molar refractivity (Wildman–Crippen MR) is 77.2 cm³/mol. The number of anilines is 1. The summed E-state index contributed by atoms with van der Waals surface area (Å²) in [6.07, 6.45) is 0. The van der Waals surface area contributed by atoms with Gasteiger partial charge in [0.05, 0.1) is 11.3 Å². The van der Waals surface area contributed by atoms with Gasteiger partial charge in [0, 0.05) is 10.0 Å². The number of aromatic hydroxyl groups is 1. The Morgan fingerprint density at radius 2 is 1.85 bits per heavy atom. The van der Waals surface area contributed by atoms with Crippen LogP contribution in [0.3, 0.4) is 0 Å². The Hall–Kier alpha value is -2.34. The molecule has 3 N–H and O–H groups in total. The van der Waals surface area contributed by atoms with Crippen LogP contribution in [0.5, 0.6) is 5.75 Å². The number of nitrogens with one attached hydrogen (secondary N) is 1. The van der Waals surface area contributed by atoms with Crippen molar-refractivity contribution >= 4 is 33.5 Å². The zero-order valence-corrected chi connectivity index (χ0v) is 11.7. The molecule has 0 atom stereocenters. The number of phenolic OH excluding ortho intramolecular Hbond substituents is 1. The van der Waals surface area contributed by atoms with Gasteiger partial charge in [0.1, 0.15) is 5.75 Å². The van der Waals surface area contributed by atoms with E-state index in [1.54, 1.807) is 6.07 Å². The van der Waals surface area contributed by atoms with Gasteiger partial charge < -0.3 is 15.5 Å². The molecule has 0 saturated carbocycles. The summed E-state index contributed by atoms with van der Waals surface area (Å²) >= 11 is 3.22. The van der Waals surface area contributed by atoms with Crippen LogP contribution in [0.1, 0.15) is 20.7 Å². The first-order chi connectivity index (χ1) is 9.47. The van der Waals surface area contributed by atoms with Crippen LogP contribution >= 0.6 is 15.9 Å². The van der Waals surface area contributed by atoms with Crippen LogP contribution in [0.25, 0.3) is 0 Å². The van der Waals surface area contributed by atoms with Crippen molar-refractivity contribution < 1.29 is 19.8 Å². The highest BCUT2D eigenvalue weighted by Crippen LogP contribution is 2.22. The minimum absolute atomic E-state index is 0.0123. The third kappa shape index (κ3) is 3.16. The van der Waals surface area contributed by atoms with E-state index < -0.39 is 11.9 Å². The summed E-state index contributed by atoms with van der Waals surface area (Å²) < 4.78 is 0.647. The van der Waals surface area contributed by atoms with E-state index in [0.717, 1.165) is 0 Å². The number of carbonyl (C=O) groups excluding carboxylic acids is 1. The monoisotopic (exact) mass is 335 g/mol. The number of carboxylic acid groups (broad SMARTS) is 1. The van der Waals surface area contributed by atoms with Gasteiger partial charge in [-0.2, -0.15) is 0 Å². The lowest BCUT2D eigenvalue weighted by atomic mass is 10.1. The number of rotatable bonds is 3. The summed E-state index contributed by atoms with van der Waals surface area (Å²) in [5.74, 6) is -1.67. The van der Waals surface area contributed by atoms with Crippen molar-refractivity contribution in [3.63, 3.8) is 0 Å². The molecule has 2 aromatic carbocycles. The molecule has 0 saturated heterocycles. The van der Waals surface area contributed by atoms with Gasteiger partial charge in [0.15, 0.2) is 0 Å². The first kappa shape index (κ1) is 14.1. The van der Waals surface area contributed by atoms with E-state index in [1.165, 1.54) is 36.4 Å². The molecule has 0 bridgehead atoms. The van der Waals surface area contributed by atoms with E-state index in [1.807, 2.05) is 0 Å². The second-order valence-corrected chi connectivity index (χ2v) is 4.92. The normalized spacial score (nSPS) is 10.1. The molecular weight excluding hydrogens is 326 g/mol. The standard InChI is InChI=1S/C14H10BrNO4/c15-9-4-5-11(14(19)20)12(7-9)16-13(18)8-2-1-3-10(17)6-8/h1-7,17H,(H,16,18)(H,19,20). The van der Waals surface area contributed by atoms with Crippen LogP contribution in [0, 0.1) is 0 Å². The fraction of sp³-hybridized carbons (Fsp3) is 0. The maximum atomic E-state index is 12.0. The SMILES string of the molecule is O=C(Nc1cc(Br)ccc1C(=O)O)c1cccc(O)c1. The Kier molecular flexibility index (Phi) is 4.05. The minimum Gasteiger partial charge on any atom is -0.508 e. The molecule has 5 nitrogen and oxygen atoms in total. The number of hydrogen-bond donors (Lipinski definition) is 3. The number of halogens is 1. The first-order valence-electron chi connectivity index (χ1n) is 5.60. The molecule has 1 amide bonds. The second kappa shape index (κ2) is 5.75. The highest BCUT2D eigenvalue weighted by Gasteiger charge is 2.14.